The van der Waals surface area contributed by atoms with Crippen LogP contribution in [0.25, 0.3) is 12.2 Å². The molecule has 0 fully saturated rings. The van der Waals surface area contributed by atoms with Gasteiger partial charge in [-0.2, -0.15) is 0 Å². The summed E-state index contributed by atoms with van der Waals surface area (Å²) in [6, 6.07) is 7.85. The van der Waals surface area contributed by atoms with E-state index in [0.717, 1.165) is 24.6 Å². The van der Waals surface area contributed by atoms with Crippen LogP contribution in [0.2, 0.25) is 0 Å². The Balaban J connectivity index is 2.04. The van der Waals surface area contributed by atoms with Crippen molar-refractivity contribution >= 4 is 50.8 Å². The highest BCUT2D eigenvalue weighted by molar-refractivity contribution is 9.10. The zero-order valence-corrected chi connectivity index (χ0v) is 14.3. The number of halogens is 1. The predicted octanol–water partition coefficient (Wildman–Crippen LogP) is 2.62. The number of aromatic amines is 1. The van der Waals surface area contributed by atoms with Crippen molar-refractivity contribution in [2.75, 3.05) is 0 Å². The van der Waals surface area contributed by atoms with Crippen LogP contribution in [0.15, 0.2) is 39.7 Å². The van der Waals surface area contributed by atoms with Gasteiger partial charge >= 0.3 is 0 Å². The van der Waals surface area contributed by atoms with Crippen molar-refractivity contribution in [3.8, 4) is 0 Å². The number of nitrogens with one attached hydrogen (secondary N) is 1. The fraction of sp³-hybridized carbons (Fsp3) is 0.0667. The monoisotopic (exact) mass is 378 g/mol. The lowest BCUT2D eigenvalue weighted by Crippen LogP contribution is -2.19. The fourth-order valence-electron chi connectivity index (χ4n) is 1.79. The molecule has 1 aromatic carbocycles. The van der Waals surface area contributed by atoms with Crippen LogP contribution in [0, 0.1) is 6.92 Å². The van der Waals surface area contributed by atoms with E-state index in [0.29, 0.717) is 4.53 Å². The van der Waals surface area contributed by atoms with Gasteiger partial charge in [0.05, 0.1) is 9.20 Å². The van der Waals surface area contributed by atoms with E-state index in [2.05, 4.69) is 25.9 Å². The number of aromatic nitrogens is 2. The van der Waals surface area contributed by atoms with Gasteiger partial charge in [-0.25, -0.2) is 4.98 Å². The number of nitrogens with zero attached hydrogens (tertiary/aromatic N) is 1. The molecular weight excluding hydrogens is 368 g/mol. The van der Waals surface area contributed by atoms with Gasteiger partial charge in [-0.1, -0.05) is 28.1 Å². The van der Waals surface area contributed by atoms with Crippen molar-refractivity contribution in [2.24, 2.45) is 0 Å². The molecular formula is C15H11BrN2OS2. The number of benzene rings is 1. The van der Waals surface area contributed by atoms with Gasteiger partial charge in [0.2, 0.25) is 0 Å². The van der Waals surface area contributed by atoms with Crippen molar-refractivity contribution in [3.63, 3.8) is 0 Å². The lowest BCUT2D eigenvalue weighted by molar-refractivity contribution is 1.25. The minimum absolute atomic E-state index is 0.0672. The van der Waals surface area contributed by atoms with E-state index < -0.39 is 0 Å². The predicted molar refractivity (Wildman–Crippen MR) is 92.3 cm³/mol. The number of hydrogen-bond donors (Lipinski definition) is 1. The number of hydrogen-bond acceptors (Lipinski definition) is 4. The van der Waals surface area contributed by atoms with Crippen LogP contribution in [0.4, 0.5) is 0 Å². The molecule has 0 amide bonds. The highest BCUT2D eigenvalue weighted by atomic mass is 79.9. The van der Waals surface area contributed by atoms with Crippen LogP contribution in [0.5, 0.6) is 0 Å². The van der Waals surface area contributed by atoms with Gasteiger partial charge in [-0.15, -0.1) is 22.7 Å². The summed E-state index contributed by atoms with van der Waals surface area (Å²) in [5.74, 6) is 0. The maximum atomic E-state index is 12.0. The third-order valence-corrected chi connectivity index (χ3v) is 5.09. The second-order valence-corrected chi connectivity index (χ2v) is 7.70. The first-order chi connectivity index (χ1) is 10.1. The van der Waals surface area contributed by atoms with E-state index in [1.54, 1.807) is 11.3 Å². The Morgan fingerprint density at radius 1 is 1.19 bits per heavy atom. The summed E-state index contributed by atoms with van der Waals surface area (Å²) in [7, 11) is 0. The standard InChI is InChI=1S/C15H11BrN2OS2/c1-9-8-17-13(20-9)7-14-18-15(19)12(21-14)6-10-2-4-11(16)5-3-10/h2-8H,1H3,(H,18,19)/b12-6+,14-7+. The Morgan fingerprint density at radius 2 is 1.95 bits per heavy atom. The van der Waals surface area contributed by atoms with Gasteiger partial charge in [0, 0.05) is 21.6 Å². The molecule has 0 atom stereocenters. The molecule has 1 N–H and O–H groups in total. The third kappa shape index (κ3) is 3.58. The molecule has 0 aliphatic carbocycles. The second kappa shape index (κ2) is 6.09. The summed E-state index contributed by atoms with van der Waals surface area (Å²) < 4.78 is 2.53. The zero-order valence-electron chi connectivity index (χ0n) is 11.1. The van der Waals surface area contributed by atoms with E-state index >= 15 is 0 Å². The number of thiazole rings is 2. The zero-order chi connectivity index (χ0) is 14.8. The van der Waals surface area contributed by atoms with E-state index in [9.17, 15) is 4.79 Å². The van der Waals surface area contributed by atoms with Gasteiger partial charge < -0.3 is 4.98 Å². The van der Waals surface area contributed by atoms with Crippen molar-refractivity contribution in [1.82, 2.24) is 9.97 Å². The van der Waals surface area contributed by atoms with Gasteiger partial charge in [-0.05, 0) is 30.7 Å². The van der Waals surface area contributed by atoms with Crippen LogP contribution in [-0.4, -0.2) is 9.97 Å². The molecule has 3 rings (SSSR count). The quantitative estimate of drug-likeness (QED) is 0.744. The molecule has 2 aromatic heterocycles. The molecule has 3 nitrogen and oxygen atoms in total. The van der Waals surface area contributed by atoms with Crippen molar-refractivity contribution < 1.29 is 0 Å². The maximum Gasteiger partial charge on any atom is 0.266 e. The normalized spacial score (nSPS) is 13.0. The SMILES string of the molecule is Cc1cnc(/C=c2\[nH]c(=O)/c(=C\c3ccc(Br)cc3)s2)s1. The molecule has 2 heterocycles. The first-order valence-corrected chi connectivity index (χ1v) is 8.63. The Hall–Kier alpha value is -1.50. The van der Waals surface area contributed by atoms with Gasteiger partial charge in [0.25, 0.3) is 5.56 Å². The summed E-state index contributed by atoms with van der Waals surface area (Å²) in [5, 5.41) is 0.903. The molecule has 0 saturated heterocycles. The smallest absolute Gasteiger partial charge is 0.266 e. The van der Waals surface area contributed by atoms with Gasteiger partial charge in [0.15, 0.2) is 0 Å². The Kier molecular flexibility index (Phi) is 4.19. The first-order valence-electron chi connectivity index (χ1n) is 6.21. The molecule has 6 heteroatoms. The number of rotatable bonds is 2. The molecule has 21 heavy (non-hydrogen) atoms. The van der Waals surface area contributed by atoms with E-state index in [1.807, 2.05) is 49.5 Å². The molecule has 0 unspecified atom stereocenters. The minimum atomic E-state index is -0.0672. The summed E-state index contributed by atoms with van der Waals surface area (Å²) in [6.07, 6.45) is 5.63. The molecule has 0 spiro atoms. The fourth-order valence-corrected chi connectivity index (χ4v) is 3.73. The summed E-state index contributed by atoms with van der Waals surface area (Å²) >= 11 is 6.44. The summed E-state index contributed by atoms with van der Waals surface area (Å²) in [6.45, 7) is 2.01. The van der Waals surface area contributed by atoms with E-state index in [1.165, 1.54) is 11.3 Å². The average Bonchev–Trinajstić information content (AvgIpc) is 2.99. The minimum Gasteiger partial charge on any atom is -0.313 e. The summed E-state index contributed by atoms with van der Waals surface area (Å²) in [4.78, 5) is 20.3. The van der Waals surface area contributed by atoms with E-state index in [-0.39, 0.29) is 5.56 Å². The van der Waals surface area contributed by atoms with Crippen molar-refractivity contribution in [3.05, 3.63) is 69.9 Å². The van der Waals surface area contributed by atoms with Crippen molar-refractivity contribution in [1.29, 1.82) is 0 Å². The Labute approximate surface area is 137 Å². The van der Waals surface area contributed by atoms with Crippen LogP contribution < -0.4 is 14.8 Å². The Morgan fingerprint density at radius 3 is 2.62 bits per heavy atom. The highest BCUT2D eigenvalue weighted by Crippen LogP contribution is 2.11. The van der Waals surface area contributed by atoms with Crippen LogP contribution in [0.1, 0.15) is 15.4 Å². The lowest BCUT2D eigenvalue weighted by atomic mass is 10.2. The molecule has 0 aliphatic rings. The highest BCUT2D eigenvalue weighted by Gasteiger charge is 1.98. The van der Waals surface area contributed by atoms with Crippen molar-refractivity contribution in [2.45, 2.75) is 6.92 Å². The second-order valence-electron chi connectivity index (χ2n) is 4.43. The van der Waals surface area contributed by atoms with Crippen LogP contribution in [0.3, 0.4) is 0 Å². The summed E-state index contributed by atoms with van der Waals surface area (Å²) in [5.41, 5.74) is 0.935. The van der Waals surface area contributed by atoms with Gasteiger partial charge in [0.1, 0.15) is 5.01 Å². The molecule has 0 aliphatic heterocycles. The molecule has 106 valence electrons. The molecule has 0 bridgehead atoms. The molecule has 3 aromatic rings. The maximum absolute atomic E-state index is 12.0. The molecule has 0 radical (unpaired) electrons. The topological polar surface area (TPSA) is 45.8 Å². The number of aryl methyl sites for hydroxylation is 1. The Bertz CT molecular complexity index is 935. The number of H-pyrrole nitrogens is 1. The lowest BCUT2D eigenvalue weighted by Gasteiger charge is -1.91. The van der Waals surface area contributed by atoms with Gasteiger partial charge in [-0.3, -0.25) is 4.79 Å². The first kappa shape index (κ1) is 14.4. The average molecular weight is 379 g/mol. The largest absolute Gasteiger partial charge is 0.313 e. The third-order valence-electron chi connectivity index (χ3n) is 2.74. The van der Waals surface area contributed by atoms with Crippen LogP contribution >= 0.6 is 38.6 Å². The van der Waals surface area contributed by atoms with Crippen LogP contribution in [-0.2, 0) is 0 Å². The molecule has 0 saturated carbocycles. The van der Waals surface area contributed by atoms with E-state index in [4.69, 9.17) is 0 Å².